The van der Waals surface area contributed by atoms with Gasteiger partial charge in [0.05, 0.1) is 5.56 Å². The predicted molar refractivity (Wildman–Crippen MR) is 75.1 cm³/mol. The van der Waals surface area contributed by atoms with Crippen LogP contribution >= 0.6 is 15.9 Å². The molecule has 0 bridgehead atoms. The van der Waals surface area contributed by atoms with E-state index in [4.69, 9.17) is 10.2 Å². The lowest BCUT2D eigenvalue weighted by molar-refractivity contribution is -0.138. The van der Waals surface area contributed by atoms with E-state index >= 15 is 0 Å². The van der Waals surface area contributed by atoms with Crippen LogP contribution in [0.5, 0.6) is 0 Å². The number of benzene rings is 1. The molecule has 2 rings (SSSR count). The second-order valence-corrected chi connectivity index (χ2v) is 4.98. The number of amides is 1. The zero-order valence-electron chi connectivity index (χ0n) is 10.4. The first-order chi connectivity index (χ1) is 9.77. The largest absolute Gasteiger partial charge is 0.457 e. The molecule has 0 aliphatic carbocycles. The average molecular weight is 360 g/mol. The van der Waals surface area contributed by atoms with E-state index < -0.39 is 17.6 Å². The zero-order chi connectivity index (χ0) is 15.6. The Kier molecular flexibility index (Phi) is 4.22. The average Bonchev–Trinajstić information content (AvgIpc) is 2.84. The molecule has 1 aromatic heterocycles. The van der Waals surface area contributed by atoms with E-state index in [0.717, 1.165) is 12.1 Å². The van der Waals surface area contributed by atoms with Gasteiger partial charge in [-0.1, -0.05) is 22.0 Å². The Morgan fingerprint density at radius 2 is 1.95 bits per heavy atom. The lowest BCUT2D eigenvalue weighted by atomic mass is 10.1. The van der Waals surface area contributed by atoms with Crippen LogP contribution in [0.1, 0.15) is 11.3 Å². The fourth-order valence-electron chi connectivity index (χ4n) is 1.66. The van der Waals surface area contributed by atoms with Crippen molar-refractivity contribution < 1.29 is 22.4 Å². The van der Waals surface area contributed by atoms with Gasteiger partial charge in [-0.25, -0.2) is 0 Å². The number of nitrogens with two attached hydrogens (primary N) is 1. The number of hydrogen-bond donors (Lipinski definition) is 1. The number of alkyl halides is 3. The number of carbonyl (C=O) groups excluding carboxylic acids is 1. The Morgan fingerprint density at radius 3 is 2.57 bits per heavy atom. The predicted octanol–water partition coefficient (Wildman–Crippen LogP) is 4.23. The normalized spacial score (nSPS) is 12.0. The van der Waals surface area contributed by atoms with Gasteiger partial charge < -0.3 is 10.2 Å². The van der Waals surface area contributed by atoms with Crippen LogP contribution in [0.3, 0.4) is 0 Å². The van der Waals surface area contributed by atoms with Gasteiger partial charge in [0.1, 0.15) is 11.5 Å². The maximum absolute atomic E-state index is 12.8. The SMILES string of the molecule is NC(=O)/C=C/c1ccc(-c2ccc(Br)c(C(F)(F)F)c2)o1. The number of rotatable bonds is 3. The van der Waals surface area contributed by atoms with Crippen molar-refractivity contribution >= 4 is 27.9 Å². The van der Waals surface area contributed by atoms with Crippen LogP contribution in [0.2, 0.25) is 0 Å². The number of carbonyl (C=O) groups is 1. The van der Waals surface area contributed by atoms with Crippen molar-refractivity contribution in [1.29, 1.82) is 0 Å². The highest BCUT2D eigenvalue weighted by atomic mass is 79.9. The van der Waals surface area contributed by atoms with Crippen LogP contribution in [-0.2, 0) is 11.0 Å². The standard InChI is InChI=1S/C14H9BrF3NO2/c15-11-4-1-8(7-10(11)14(16,17)18)12-5-2-9(21-12)3-6-13(19)20/h1-7H,(H2,19,20)/b6-3+. The minimum absolute atomic E-state index is 0.0425. The van der Waals surface area contributed by atoms with Crippen molar-refractivity contribution in [2.75, 3.05) is 0 Å². The van der Waals surface area contributed by atoms with Crippen molar-refractivity contribution in [3.05, 3.63) is 52.2 Å². The van der Waals surface area contributed by atoms with Crippen molar-refractivity contribution in [3.8, 4) is 11.3 Å². The van der Waals surface area contributed by atoms with Gasteiger partial charge in [-0.3, -0.25) is 4.79 Å². The lowest BCUT2D eigenvalue weighted by Gasteiger charge is -2.10. The molecule has 0 aliphatic rings. The van der Waals surface area contributed by atoms with E-state index in [-0.39, 0.29) is 15.8 Å². The summed E-state index contributed by atoms with van der Waals surface area (Å²) in [5.74, 6) is -0.0617. The van der Waals surface area contributed by atoms with Crippen LogP contribution in [0.25, 0.3) is 17.4 Å². The Bertz CT molecular complexity index is 704. The van der Waals surface area contributed by atoms with Crippen LogP contribution in [0.15, 0.2) is 45.3 Å². The van der Waals surface area contributed by atoms with Crippen LogP contribution in [0.4, 0.5) is 13.2 Å². The first-order valence-corrected chi connectivity index (χ1v) is 6.51. The molecule has 0 fully saturated rings. The molecule has 0 aliphatic heterocycles. The summed E-state index contributed by atoms with van der Waals surface area (Å²) in [5, 5.41) is 0. The Balaban J connectivity index is 2.37. The summed E-state index contributed by atoms with van der Waals surface area (Å²) in [7, 11) is 0. The molecule has 1 heterocycles. The molecule has 0 saturated carbocycles. The van der Waals surface area contributed by atoms with Gasteiger partial charge in [-0.15, -0.1) is 0 Å². The highest BCUT2D eigenvalue weighted by Gasteiger charge is 2.33. The summed E-state index contributed by atoms with van der Waals surface area (Å²) in [6.07, 6.45) is -2.02. The molecule has 0 spiro atoms. The van der Waals surface area contributed by atoms with E-state index in [2.05, 4.69) is 15.9 Å². The lowest BCUT2D eigenvalue weighted by Crippen LogP contribution is -2.06. The third-order valence-electron chi connectivity index (χ3n) is 2.59. The maximum Gasteiger partial charge on any atom is 0.417 e. The summed E-state index contributed by atoms with van der Waals surface area (Å²) in [5.41, 5.74) is 4.44. The van der Waals surface area contributed by atoms with Gasteiger partial charge in [-0.2, -0.15) is 13.2 Å². The molecule has 0 radical (unpaired) electrons. The smallest absolute Gasteiger partial charge is 0.417 e. The number of halogens is 4. The molecule has 21 heavy (non-hydrogen) atoms. The topological polar surface area (TPSA) is 56.2 Å². The molecular formula is C14H9BrF3NO2. The van der Waals surface area contributed by atoms with Crippen molar-refractivity contribution in [1.82, 2.24) is 0 Å². The van der Waals surface area contributed by atoms with Crippen molar-refractivity contribution in [2.24, 2.45) is 5.73 Å². The Hall–Kier alpha value is -2.02. The van der Waals surface area contributed by atoms with Crippen molar-refractivity contribution in [2.45, 2.75) is 6.18 Å². The minimum atomic E-state index is -4.46. The van der Waals surface area contributed by atoms with E-state index in [9.17, 15) is 18.0 Å². The summed E-state index contributed by atoms with van der Waals surface area (Å²) in [4.78, 5) is 10.6. The van der Waals surface area contributed by atoms with Gasteiger partial charge in [0.15, 0.2) is 0 Å². The third kappa shape index (κ3) is 3.75. The van der Waals surface area contributed by atoms with Crippen LogP contribution in [-0.4, -0.2) is 5.91 Å². The van der Waals surface area contributed by atoms with Crippen LogP contribution in [0, 0.1) is 0 Å². The number of primary amides is 1. The second-order valence-electron chi connectivity index (χ2n) is 4.13. The summed E-state index contributed by atoms with van der Waals surface area (Å²) in [6.45, 7) is 0. The molecule has 3 nitrogen and oxygen atoms in total. The quantitative estimate of drug-likeness (QED) is 0.833. The molecule has 110 valence electrons. The first-order valence-electron chi connectivity index (χ1n) is 5.72. The molecule has 0 saturated heterocycles. The number of hydrogen-bond acceptors (Lipinski definition) is 2. The molecular weight excluding hydrogens is 351 g/mol. The van der Waals surface area contributed by atoms with E-state index in [1.807, 2.05) is 0 Å². The maximum atomic E-state index is 12.8. The third-order valence-corrected chi connectivity index (χ3v) is 3.29. The molecule has 2 N–H and O–H groups in total. The second kappa shape index (κ2) is 5.77. The minimum Gasteiger partial charge on any atom is -0.457 e. The van der Waals surface area contributed by atoms with Gasteiger partial charge in [-0.05, 0) is 30.3 Å². The van der Waals surface area contributed by atoms with E-state index in [1.165, 1.54) is 30.3 Å². The molecule has 0 atom stereocenters. The van der Waals surface area contributed by atoms with Gasteiger partial charge in [0.25, 0.3) is 0 Å². The number of furan rings is 1. The van der Waals surface area contributed by atoms with Crippen LogP contribution < -0.4 is 5.73 Å². The molecule has 7 heteroatoms. The Morgan fingerprint density at radius 1 is 1.24 bits per heavy atom. The fourth-order valence-corrected chi connectivity index (χ4v) is 2.13. The molecule has 1 aromatic carbocycles. The van der Waals surface area contributed by atoms with E-state index in [1.54, 1.807) is 0 Å². The van der Waals surface area contributed by atoms with E-state index in [0.29, 0.717) is 5.76 Å². The van der Waals surface area contributed by atoms with Gasteiger partial charge in [0, 0.05) is 16.1 Å². The molecule has 2 aromatic rings. The summed E-state index contributed by atoms with van der Waals surface area (Å²) < 4.78 is 43.8. The monoisotopic (exact) mass is 359 g/mol. The first kappa shape index (κ1) is 15.4. The summed E-state index contributed by atoms with van der Waals surface area (Å²) >= 11 is 2.87. The summed E-state index contributed by atoms with van der Waals surface area (Å²) in [6, 6.07) is 6.85. The molecule has 1 amide bonds. The fraction of sp³-hybridized carbons (Fsp3) is 0.0714. The zero-order valence-corrected chi connectivity index (χ0v) is 12.0. The highest BCUT2D eigenvalue weighted by Crippen LogP contribution is 2.37. The van der Waals surface area contributed by atoms with Crippen molar-refractivity contribution in [3.63, 3.8) is 0 Å². The van der Waals surface area contributed by atoms with Gasteiger partial charge in [0.2, 0.25) is 5.91 Å². The highest BCUT2D eigenvalue weighted by molar-refractivity contribution is 9.10. The Labute approximate surface area is 126 Å². The van der Waals surface area contributed by atoms with Gasteiger partial charge >= 0.3 is 6.18 Å². The molecule has 0 unspecified atom stereocenters.